The van der Waals surface area contributed by atoms with E-state index < -0.39 is 29.0 Å². The van der Waals surface area contributed by atoms with Gasteiger partial charge in [-0.2, -0.15) is 26.3 Å². The molecule has 2 N–H and O–H groups in total. The van der Waals surface area contributed by atoms with E-state index >= 15 is 0 Å². The molecule has 1 saturated carbocycles. The molecule has 0 amide bonds. The van der Waals surface area contributed by atoms with E-state index in [2.05, 4.69) is 10.6 Å². The first-order valence-electron chi connectivity index (χ1n) is 8.94. The third-order valence-electron chi connectivity index (χ3n) is 5.02. The van der Waals surface area contributed by atoms with Gasteiger partial charge in [0.2, 0.25) is 0 Å². The smallest absolute Gasteiger partial charge is 0.353 e. The van der Waals surface area contributed by atoms with Crippen LogP contribution in [0.25, 0.3) is 0 Å². The van der Waals surface area contributed by atoms with Gasteiger partial charge in [0.25, 0.3) is 0 Å². The lowest BCUT2D eigenvalue weighted by atomic mass is 9.87. The maximum absolute atomic E-state index is 13.1. The fourth-order valence-electron chi connectivity index (χ4n) is 3.58. The van der Waals surface area contributed by atoms with E-state index in [1.807, 2.05) is 0 Å². The molecule has 1 aliphatic carbocycles. The number of hydrogen-bond acceptors (Lipinski definition) is 1. The molecule has 0 aromatic heterocycles. The van der Waals surface area contributed by atoms with Crippen molar-refractivity contribution < 1.29 is 26.3 Å². The minimum absolute atomic E-state index is 0.143. The first-order chi connectivity index (χ1) is 13.5. The Labute approximate surface area is 169 Å². The van der Waals surface area contributed by atoms with Crippen molar-refractivity contribution in [3.63, 3.8) is 0 Å². The molecule has 0 radical (unpaired) electrons. The van der Waals surface area contributed by atoms with Crippen molar-refractivity contribution in [3.8, 4) is 0 Å². The molecule has 3 rings (SSSR count). The number of nitrogens with one attached hydrogen (secondary N) is 2. The fourth-order valence-corrected chi connectivity index (χ4v) is 3.89. The highest BCUT2D eigenvalue weighted by molar-refractivity contribution is 7.80. The molecule has 0 bridgehead atoms. The maximum atomic E-state index is 13.1. The second kappa shape index (κ2) is 7.85. The lowest BCUT2D eigenvalue weighted by Crippen LogP contribution is -2.45. The van der Waals surface area contributed by atoms with Gasteiger partial charge in [-0.3, -0.25) is 0 Å². The van der Waals surface area contributed by atoms with Gasteiger partial charge in [-0.15, -0.1) is 0 Å². The molecule has 0 aliphatic heterocycles. The van der Waals surface area contributed by atoms with Gasteiger partial charge in [-0.05, 0) is 67.0 Å². The van der Waals surface area contributed by atoms with Gasteiger partial charge in [0.05, 0.1) is 16.7 Å². The predicted octanol–water partition coefficient (Wildman–Crippen LogP) is 6.48. The Bertz CT molecular complexity index is 868. The third-order valence-corrected chi connectivity index (χ3v) is 5.23. The van der Waals surface area contributed by atoms with Crippen LogP contribution in [-0.2, 0) is 17.9 Å². The largest absolute Gasteiger partial charge is 0.416 e. The summed E-state index contributed by atoms with van der Waals surface area (Å²) in [5, 5.41) is 6.07. The van der Waals surface area contributed by atoms with Gasteiger partial charge in [0.1, 0.15) is 0 Å². The van der Waals surface area contributed by atoms with Gasteiger partial charge in [-0.25, -0.2) is 0 Å². The number of benzene rings is 2. The van der Waals surface area contributed by atoms with Crippen molar-refractivity contribution in [2.24, 2.45) is 0 Å². The number of alkyl halides is 6. The fraction of sp³-hybridized carbons (Fsp3) is 0.350. The van der Waals surface area contributed by atoms with E-state index in [0.717, 1.165) is 37.1 Å². The number of rotatable bonds is 3. The van der Waals surface area contributed by atoms with Crippen LogP contribution in [0.15, 0.2) is 48.5 Å². The molecular weight excluding hydrogens is 414 g/mol. The summed E-state index contributed by atoms with van der Waals surface area (Å²) >= 11 is 5.29. The van der Waals surface area contributed by atoms with Gasteiger partial charge in [-0.1, -0.05) is 25.0 Å². The highest BCUT2D eigenvalue weighted by atomic mass is 32.1. The number of thiocarbonyl (C=S) groups is 1. The van der Waals surface area contributed by atoms with Crippen molar-refractivity contribution in [1.82, 2.24) is 5.32 Å². The summed E-state index contributed by atoms with van der Waals surface area (Å²) in [5.74, 6) is 0. The van der Waals surface area contributed by atoms with Gasteiger partial charge in [0.15, 0.2) is 5.11 Å². The van der Waals surface area contributed by atoms with Crippen LogP contribution in [0, 0.1) is 0 Å². The van der Waals surface area contributed by atoms with E-state index in [9.17, 15) is 26.3 Å². The second-order valence-electron chi connectivity index (χ2n) is 7.02. The molecule has 0 spiro atoms. The first-order valence-corrected chi connectivity index (χ1v) is 9.35. The topological polar surface area (TPSA) is 24.1 Å². The van der Waals surface area contributed by atoms with Crippen LogP contribution in [0.1, 0.15) is 42.4 Å². The summed E-state index contributed by atoms with van der Waals surface area (Å²) in [4.78, 5) is 0. The molecule has 9 heteroatoms. The standard InChI is InChI=1S/C20H18F6N2S/c21-19(22,23)13-6-8-16(9-7-13)27-17(29)28-18(10-1-2-11-18)14-4-3-5-15(12-14)20(24,25)26/h3-9,12H,1-2,10-11H2,(H2,27,28,29). The van der Waals surface area contributed by atoms with E-state index in [-0.39, 0.29) is 5.11 Å². The molecule has 0 unspecified atom stereocenters. The first kappa shape index (κ1) is 21.4. The van der Waals surface area contributed by atoms with Gasteiger partial charge < -0.3 is 10.6 Å². The molecule has 2 aromatic rings. The normalized spacial score (nSPS) is 16.5. The van der Waals surface area contributed by atoms with Crippen molar-refractivity contribution >= 4 is 23.0 Å². The summed E-state index contributed by atoms with van der Waals surface area (Å²) in [6, 6.07) is 9.52. The average Bonchev–Trinajstić information content (AvgIpc) is 3.10. The Hall–Kier alpha value is -2.29. The Balaban J connectivity index is 1.78. The zero-order valence-electron chi connectivity index (χ0n) is 15.1. The Morgan fingerprint density at radius 2 is 1.41 bits per heavy atom. The van der Waals surface area contributed by atoms with Crippen molar-refractivity contribution in [2.75, 3.05) is 5.32 Å². The quantitative estimate of drug-likeness (QED) is 0.429. The number of halogens is 6. The van der Waals surface area contributed by atoms with E-state index in [0.29, 0.717) is 24.1 Å². The van der Waals surface area contributed by atoms with Crippen molar-refractivity contribution in [1.29, 1.82) is 0 Å². The lowest BCUT2D eigenvalue weighted by molar-refractivity contribution is -0.138. The van der Waals surface area contributed by atoms with Crippen LogP contribution in [0.5, 0.6) is 0 Å². The van der Waals surface area contributed by atoms with Gasteiger partial charge >= 0.3 is 12.4 Å². The molecule has 0 heterocycles. The molecule has 0 atom stereocenters. The minimum atomic E-state index is -4.45. The Morgan fingerprint density at radius 3 is 1.97 bits per heavy atom. The lowest BCUT2D eigenvalue weighted by Gasteiger charge is -2.33. The summed E-state index contributed by atoms with van der Waals surface area (Å²) in [6.07, 6.45) is -6.03. The number of hydrogen-bond donors (Lipinski definition) is 2. The highest BCUT2D eigenvalue weighted by Gasteiger charge is 2.38. The predicted molar refractivity (Wildman–Crippen MR) is 102 cm³/mol. The third kappa shape index (κ3) is 5.01. The van der Waals surface area contributed by atoms with Crippen LogP contribution >= 0.6 is 12.2 Å². The van der Waals surface area contributed by atoms with Crippen molar-refractivity contribution in [3.05, 3.63) is 65.2 Å². The summed E-state index contributed by atoms with van der Waals surface area (Å²) < 4.78 is 77.3. The summed E-state index contributed by atoms with van der Waals surface area (Å²) in [5.41, 5.74) is -1.42. The molecule has 2 nitrogen and oxygen atoms in total. The molecule has 1 aliphatic rings. The van der Waals surface area contributed by atoms with Crippen LogP contribution in [0.4, 0.5) is 32.0 Å². The summed E-state index contributed by atoms with van der Waals surface area (Å²) in [7, 11) is 0. The second-order valence-corrected chi connectivity index (χ2v) is 7.43. The maximum Gasteiger partial charge on any atom is 0.416 e. The SMILES string of the molecule is FC(F)(F)c1ccc(NC(=S)NC2(c3cccc(C(F)(F)F)c3)CCCC2)cc1. The minimum Gasteiger partial charge on any atom is -0.353 e. The van der Waals surface area contributed by atoms with E-state index in [1.165, 1.54) is 18.2 Å². The zero-order chi connectivity index (χ0) is 21.3. The molecule has 156 valence electrons. The monoisotopic (exact) mass is 432 g/mol. The zero-order valence-corrected chi connectivity index (χ0v) is 15.9. The molecular formula is C20H18F6N2S. The van der Waals surface area contributed by atoms with Gasteiger partial charge in [0, 0.05) is 5.69 Å². The van der Waals surface area contributed by atoms with Crippen LogP contribution in [-0.4, -0.2) is 5.11 Å². The number of anilines is 1. The Kier molecular flexibility index (Phi) is 5.80. The average molecular weight is 432 g/mol. The van der Waals surface area contributed by atoms with E-state index in [1.54, 1.807) is 6.07 Å². The molecule has 2 aromatic carbocycles. The van der Waals surface area contributed by atoms with Crippen LogP contribution in [0.3, 0.4) is 0 Å². The molecule has 29 heavy (non-hydrogen) atoms. The van der Waals surface area contributed by atoms with Crippen LogP contribution < -0.4 is 10.6 Å². The van der Waals surface area contributed by atoms with Crippen molar-refractivity contribution in [2.45, 2.75) is 43.6 Å². The molecule has 0 saturated heterocycles. The molecule has 1 fully saturated rings. The van der Waals surface area contributed by atoms with Crippen LogP contribution in [0.2, 0.25) is 0 Å². The highest BCUT2D eigenvalue weighted by Crippen LogP contribution is 2.41. The summed E-state index contributed by atoms with van der Waals surface area (Å²) in [6.45, 7) is 0. The van der Waals surface area contributed by atoms with E-state index in [4.69, 9.17) is 12.2 Å². The Morgan fingerprint density at radius 1 is 0.828 bits per heavy atom.